The highest BCUT2D eigenvalue weighted by molar-refractivity contribution is 6.15. The van der Waals surface area contributed by atoms with Gasteiger partial charge in [0.05, 0.1) is 10.5 Å². The number of hydrogen-bond acceptors (Lipinski definition) is 7. The van der Waals surface area contributed by atoms with E-state index in [0.717, 1.165) is 0 Å². The molecule has 0 spiro atoms. The van der Waals surface area contributed by atoms with E-state index in [4.69, 9.17) is 4.74 Å². The third-order valence-corrected chi connectivity index (χ3v) is 5.82. The molecular formula is C26H32N4O6. The van der Waals surface area contributed by atoms with E-state index in [1.165, 1.54) is 18.2 Å². The first-order valence-corrected chi connectivity index (χ1v) is 11.8. The van der Waals surface area contributed by atoms with Gasteiger partial charge in [-0.15, -0.1) is 0 Å². The number of ether oxygens (including phenoxy) is 1. The highest BCUT2D eigenvalue weighted by atomic mass is 16.6. The minimum Gasteiger partial charge on any atom is -0.444 e. The van der Waals surface area contributed by atoms with E-state index in [1.807, 2.05) is 0 Å². The van der Waals surface area contributed by atoms with Crippen LogP contribution in [-0.4, -0.2) is 66.4 Å². The van der Waals surface area contributed by atoms with Gasteiger partial charge in [0.1, 0.15) is 11.3 Å². The smallest absolute Gasteiger partial charge is 0.407 e. The highest BCUT2D eigenvalue weighted by Gasteiger charge is 2.29. The van der Waals surface area contributed by atoms with Gasteiger partial charge in [-0.05, 0) is 51.8 Å². The predicted molar refractivity (Wildman–Crippen MR) is 136 cm³/mol. The standard InChI is InChI=1S/C26H32N4O6/c1-26(2,3)36-25(33)27-18-12-14-29(15-13-18)24(32)20-9-7-6-8-19(20)23(31)17-10-11-21(28(4)5)22(16-17)30(34)35/h6-11,16,18H,12-15H2,1-5H3,(H,27,33). The van der Waals surface area contributed by atoms with Crippen LogP contribution >= 0.6 is 0 Å². The summed E-state index contributed by atoms with van der Waals surface area (Å²) in [6, 6.07) is 10.7. The first-order valence-electron chi connectivity index (χ1n) is 11.8. The lowest BCUT2D eigenvalue weighted by Crippen LogP contribution is -2.47. The van der Waals surface area contributed by atoms with Crippen molar-refractivity contribution in [2.45, 2.75) is 45.3 Å². The summed E-state index contributed by atoms with van der Waals surface area (Å²) in [5, 5.41) is 14.4. The summed E-state index contributed by atoms with van der Waals surface area (Å²) in [4.78, 5) is 53.0. The molecule has 1 fully saturated rings. The maximum atomic E-state index is 13.3. The number of nitro groups is 1. The number of alkyl carbamates (subject to hydrolysis) is 1. The fourth-order valence-electron chi connectivity index (χ4n) is 4.08. The second kappa shape index (κ2) is 10.8. The number of anilines is 1. The minimum absolute atomic E-state index is 0.114. The second-order valence-electron chi connectivity index (χ2n) is 9.94. The number of nitrogens with one attached hydrogen (secondary N) is 1. The number of nitrogens with zero attached hydrogens (tertiary/aromatic N) is 3. The van der Waals surface area contributed by atoms with Gasteiger partial charge >= 0.3 is 6.09 Å². The molecule has 2 aromatic carbocycles. The van der Waals surface area contributed by atoms with E-state index in [0.29, 0.717) is 31.6 Å². The molecule has 1 heterocycles. The van der Waals surface area contributed by atoms with Crippen LogP contribution in [0, 0.1) is 10.1 Å². The van der Waals surface area contributed by atoms with Crippen LogP contribution in [0.15, 0.2) is 42.5 Å². The summed E-state index contributed by atoms with van der Waals surface area (Å²) in [6.45, 7) is 6.19. The number of piperidine rings is 1. The SMILES string of the molecule is CN(C)c1ccc(C(=O)c2ccccc2C(=O)N2CCC(NC(=O)OC(C)(C)C)CC2)cc1[N+](=O)[O-]. The highest BCUT2D eigenvalue weighted by Crippen LogP contribution is 2.29. The fraction of sp³-hybridized carbons (Fsp3) is 0.423. The summed E-state index contributed by atoms with van der Waals surface area (Å²) >= 11 is 0. The summed E-state index contributed by atoms with van der Waals surface area (Å²) in [6.07, 6.45) is 0.621. The van der Waals surface area contributed by atoms with Crippen molar-refractivity contribution in [2.75, 3.05) is 32.1 Å². The van der Waals surface area contributed by atoms with Crippen molar-refractivity contribution < 1.29 is 24.0 Å². The topological polar surface area (TPSA) is 122 Å². The lowest BCUT2D eigenvalue weighted by molar-refractivity contribution is -0.384. The van der Waals surface area contributed by atoms with Crippen molar-refractivity contribution in [3.05, 3.63) is 69.3 Å². The van der Waals surface area contributed by atoms with Crippen LogP contribution in [0.3, 0.4) is 0 Å². The minimum atomic E-state index is -0.593. The Morgan fingerprint density at radius 2 is 1.67 bits per heavy atom. The van der Waals surface area contributed by atoms with Crippen molar-refractivity contribution in [3.63, 3.8) is 0 Å². The van der Waals surface area contributed by atoms with Gasteiger partial charge in [-0.1, -0.05) is 18.2 Å². The molecule has 192 valence electrons. The summed E-state index contributed by atoms with van der Waals surface area (Å²) in [5.41, 5.74) is 0.152. The van der Waals surface area contributed by atoms with Gasteiger partial charge in [0.15, 0.2) is 5.78 Å². The lowest BCUT2D eigenvalue weighted by atomic mass is 9.96. The fourth-order valence-corrected chi connectivity index (χ4v) is 4.08. The first-order chi connectivity index (χ1) is 16.9. The van der Waals surface area contributed by atoms with Gasteiger partial charge in [-0.3, -0.25) is 19.7 Å². The number of benzene rings is 2. The molecule has 10 nitrogen and oxygen atoms in total. The zero-order valence-electron chi connectivity index (χ0n) is 21.2. The Morgan fingerprint density at radius 1 is 1.06 bits per heavy atom. The largest absolute Gasteiger partial charge is 0.444 e. The molecule has 0 saturated carbocycles. The summed E-state index contributed by atoms with van der Waals surface area (Å²) < 4.78 is 5.30. The molecule has 1 aliphatic rings. The van der Waals surface area contributed by atoms with Crippen molar-refractivity contribution in [1.82, 2.24) is 10.2 Å². The third kappa shape index (κ3) is 6.38. The molecule has 3 rings (SSSR count). The van der Waals surface area contributed by atoms with E-state index in [1.54, 1.807) is 68.9 Å². The molecule has 1 N–H and O–H groups in total. The van der Waals surface area contributed by atoms with Gasteiger partial charge in [0.2, 0.25) is 0 Å². The van der Waals surface area contributed by atoms with Gasteiger partial charge < -0.3 is 19.9 Å². The molecule has 0 radical (unpaired) electrons. The van der Waals surface area contributed by atoms with Gasteiger partial charge in [0.25, 0.3) is 11.6 Å². The van der Waals surface area contributed by atoms with E-state index >= 15 is 0 Å². The van der Waals surface area contributed by atoms with Crippen LogP contribution in [0.5, 0.6) is 0 Å². The quantitative estimate of drug-likeness (QED) is 0.364. The number of rotatable bonds is 6. The number of carbonyl (C=O) groups excluding carboxylic acids is 3. The van der Waals surface area contributed by atoms with E-state index in [2.05, 4.69) is 5.32 Å². The summed E-state index contributed by atoms with van der Waals surface area (Å²) in [5.74, 6) is -0.761. The van der Waals surface area contributed by atoms with E-state index < -0.39 is 22.4 Å². The Labute approximate surface area is 210 Å². The molecule has 0 aliphatic carbocycles. The molecule has 0 aromatic heterocycles. The van der Waals surface area contributed by atoms with E-state index in [9.17, 15) is 24.5 Å². The number of amides is 2. The molecule has 10 heteroatoms. The molecule has 2 aromatic rings. The van der Waals surface area contributed by atoms with E-state index in [-0.39, 0.29) is 34.3 Å². The Bertz CT molecular complexity index is 1160. The third-order valence-electron chi connectivity index (χ3n) is 5.82. The Kier molecular flexibility index (Phi) is 7.96. The molecule has 2 amide bonds. The van der Waals surface area contributed by atoms with Crippen LogP contribution in [-0.2, 0) is 4.74 Å². The number of nitro benzene ring substituents is 1. The van der Waals surface area contributed by atoms with Gasteiger partial charge in [0, 0.05) is 50.4 Å². The zero-order chi connectivity index (χ0) is 26.6. The predicted octanol–water partition coefficient (Wildman–Crippen LogP) is 4.02. The van der Waals surface area contributed by atoms with Crippen LogP contribution in [0.1, 0.15) is 59.9 Å². The normalized spacial score (nSPS) is 14.2. The van der Waals surface area contributed by atoms with Crippen molar-refractivity contribution >= 4 is 29.2 Å². The van der Waals surface area contributed by atoms with Crippen molar-refractivity contribution in [3.8, 4) is 0 Å². The number of ketones is 1. The molecular weight excluding hydrogens is 464 g/mol. The van der Waals surface area contributed by atoms with Crippen molar-refractivity contribution in [2.24, 2.45) is 0 Å². The second-order valence-corrected chi connectivity index (χ2v) is 9.94. The molecule has 1 saturated heterocycles. The zero-order valence-corrected chi connectivity index (χ0v) is 21.2. The molecule has 0 atom stereocenters. The number of likely N-dealkylation sites (tertiary alicyclic amines) is 1. The Morgan fingerprint density at radius 3 is 2.22 bits per heavy atom. The van der Waals surface area contributed by atoms with Crippen LogP contribution in [0.4, 0.5) is 16.2 Å². The number of carbonyl (C=O) groups is 3. The van der Waals surface area contributed by atoms with Gasteiger partial charge in [-0.25, -0.2) is 4.79 Å². The van der Waals surface area contributed by atoms with Gasteiger partial charge in [-0.2, -0.15) is 0 Å². The van der Waals surface area contributed by atoms with Crippen molar-refractivity contribution in [1.29, 1.82) is 0 Å². The Balaban J connectivity index is 1.75. The average molecular weight is 497 g/mol. The molecule has 0 bridgehead atoms. The molecule has 36 heavy (non-hydrogen) atoms. The Hall–Kier alpha value is -3.95. The van der Waals surface area contributed by atoms with Crippen LogP contribution in [0.25, 0.3) is 0 Å². The molecule has 0 unspecified atom stereocenters. The lowest BCUT2D eigenvalue weighted by Gasteiger charge is -2.33. The van der Waals surface area contributed by atoms with Crippen LogP contribution < -0.4 is 10.2 Å². The average Bonchev–Trinajstić information content (AvgIpc) is 2.82. The summed E-state index contributed by atoms with van der Waals surface area (Å²) in [7, 11) is 3.37. The monoisotopic (exact) mass is 496 g/mol. The first kappa shape index (κ1) is 26.7. The maximum Gasteiger partial charge on any atom is 0.407 e. The number of hydrogen-bond donors (Lipinski definition) is 1. The van der Waals surface area contributed by atoms with Crippen LogP contribution in [0.2, 0.25) is 0 Å². The molecule has 1 aliphatic heterocycles. The maximum absolute atomic E-state index is 13.3.